The van der Waals surface area contributed by atoms with E-state index in [0.717, 1.165) is 15.9 Å². The summed E-state index contributed by atoms with van der Waals surface area (Å²) in [5, 5.41) is 5.54. The van der Waals surface area contributed by atoms with Crippen LogP contribution in [0.5, 0.6) is 0 Å². The third kappa shape index (κ3) is 6.92. The van der Waals surface area contributed by atoms with E-state index in [1.807, 2.05) is 67.6 Å². The van der Waals surface area contributed by atoms with Crippen molar-refractivity contribution in [1.29, 1.82) is 0 Å². The number of nitrogens with zero attached hydrogens (tertiary/aromatic N) is 3. The largest absolute Gasteiger partial charge is 0.463 e. The smallest absolute Gasteiger partial charge is 0.333 e. The number of esters is 1. The zero-order chi connectivity index (χ0) is 31.3. The second-order valence-corrected chi connectivity index (χ2v) is 17.3. The minimum atomic E-state index is -4.31. The van der Waals surface area contributed by atoms with E-state index in [-0.39, 0.29) is 23.5 Å². The van der Waals surface area contributed by atoms with Crippen molar-refractivity contribution in [3.63, 3.8) is 0 Å². The lowest BCUT2D eigenvalue weighted by atomic mass is 9.91. The Kier molecular flexibility index (Phi) is 9.94. The number of aryl methyl sites for hydroxylation is 1. The molecule has 1 aliphatic carbocycles. The van der Waals surface area contributed by atoms with Gasteiger partial charge in [-0.3, -0.25) is 4.18 Å². The summed E-state index contributed by atoms with van der Waals surface area (Å²) in [4.78, 5) is 16.1. The van der Waals surface area contributed by atoms with Gasteiger partial charge in [-0.05, 0) is 53.0 Å². The summed E-state index contributed by atoms with van der Waals surface area (Å²) in [6.45, 7) is 9.96. The van der Waals surface area contributed by atoms with Gasteiger partial charge in [-0.15, -0.1) is 0 Å². The monoisotopic (exact) mass is 619 g/mol. The Balaban J connectivity index is 1.88. The van der Waals surface area contributed by atoms with E-state index in [9.17, 15) is 18.7 Å². The van der Waals surface area contributed by atoms with Gasteiger partial charge >= 0.3 is 5.97 Å². The molecule has 0 spiro atoms. The van der Waals surface area contributed by atoms with Crippen LogP contribution >= 0.6 is 0 Å². The molecule has 3 aromatic carbocycles. The normalized spacial score (nSPS) is 19.2. The quantitative estimate of drug-likeness (QED) is 0.0727. The highest BCUT2D eigenvalue weighted by Crippen LogP contribution is 2.40. The molecule has 0 amide bonds. The summed E-state index contributed by atoms with van der Waals surface area (Å²) < 4.78 is 45.1. The molecular weight excluding hydrogens is 583 g/mol. The van der Waals surface area contributed by atoms with Crippen LogP contribution in [0.15, 0.2) is 107 Å². The molecule has 3 aromatic rings. The zero-order valence-corrected chi connectivity index (χ0v) is 26.8. The van der Waals surface area contributed by atoms with E-state index in [1.165, 1.54) is 18.2 Å². The van der Waals surface area contributed by atoms with E-state index >= 15 is 0 Å². The van der Waals surface area contributed by atoms with Gasteiger partial charge in [0.05, 0.1) is 23.6 Å². The first-order valence-electron chi connectivity index (χ1n) is 14.1. The molecule has 0 fully saturated rings. The van der Waals surface area contributed by atoms with E-state index in [2.05, 4.69) is 30.8 Å². The molecule has 4 rings (SSSR count). The molecule has 0 heterocycles. The van der Waals surface area contributed by atoms with Crippen LogP contribution in [0.1, 0.15) is 39.7 Å². The van der Waals surface area contributed by atoms with Crippen LogP contribution in [0.25, 0.3) is 10.4 Å². The van der Waals surface area contributed by atoms with Gasteiger partial charge in [-0.25, -0.2) is 4.79 Å². The zero-order valence-electron chi connectivity index (χ0n) is 25.0. The predicted octanol–water partition coefficient (Wildman–Crippen LogP) is 5.59. The first-order chi connectivity index (χ1) is 20.4. The third-order valence-electron chi connectivity index (χ3n) is 7.52. The lowest BCUT2D eigenvalue weighted by Gasteiger charge is -2.47. The van der Waals surface area contributed by atoms with Gasteiger partial charge in [-0.1, -0.05) is 104 Å². The van der Waals surface area contributed by atoms with Crippen LogP contribution in [0.3, 0.4) is 0 Å². The van der Waals surface area contributed by atoms with Gasteiger partial charge in [0, 0.05) is 16.9 Å². The minimum Gasteiger partial charge on any atom is -0.463 e. The predicted molar refractivity (Wildman–Crippen MR) is 168 cm³/mol. The standard InChI is InChI=1S/C32H37N3O6SSi/c1-6-39-31(36)24-21-28(40-42(37,38)25-19-17-23(2)18-20-25)30(34-35-33)29(22-24)41-43(32(3,4)5,26-13-9-7-10-14-26)27-15-11-8-12-16-27/h7-21,28-30H,6,22H2,1-5H3/t28-,29-,30-/m0/s1. The molecule has 0 aliphatic heterocycles. The summed E-state index contributed by atoms with van der Waals surface area (Å²) in [6.07, 6.45) is -0.811. The van der Waals surface area contributed by atoms with Crippen LogP contribution in [0.2, 0.25) is 5.04 Å². The fourth-order valence-electron chi connectivity index (χ4n) is 5.51. The van der Waals surface area contributed by atoms with Crippen molar-refractivity contribution in [3.05, 3.63) is 113 Å². The van der Waals surface area contributed by atoms with Crippen molar-refractivity contribution in [2.75, 3.05) is 6.61 Å². The van der Waals surface area contributed by atoms with Gasteiger partial charge in [0.15, 0.2) is 0 Å². The molecule has 226 valence electrons. The SMILES string of the molecule is CCOC(=O)C1=C[C@H](OS(=O)(=O)c2ccc(C)cc2)[C@H](N=[N+]=[N-])[C@@H](O[Si](c2ccccc2)(c2ccccc2)C(C)(C)C)C1. The number of carbonyl (C=O) groups is 1. The summed E-state index contributed by atoms with van der Waals surface area (Å²) in [7, 11) is -7.53. The number of azide groups is 1. The number of hydrogen-bond acceptors (Lipinski definition) is 7. The maximum absolute atomic E-state index is 13.4. The maximum atomic E-state index is 13.4. The van der Waals surface area contributed by atoms with E-state index in [1.54, 1.807) is 19.1 Å². The second-order valence-electron chi connectivity index (χ2n) is 11.5. The Morgan fingerprint density at radius 2 is 1.53 bits per heavy atom. The molecule has 0 N–H and O–H groups in total. The topological polar surface area (TPSA) is 128 Å². The summed E-state index contributed by atoms with van der Waals surface area (Å²) in [6, 6.07) is 24.9. The highest BCUT2D eigenvalue weighted by Gasteiger charge is 2.53. The highest BCUT2D eigenvalue weighted by atomic mass is 32.2. The van der Waals surface area contributed by atoms with Gasteiger partial charge in [0.2, 0.25) is 0 Å². The lowest BCUT2D eigenvalue weighted by molar-refractivity contribution is -0.139. The molecule has 3 atom stereocenters. The van der Waals surface area contributed by atoms with Crippen molar-refractivity contribution >= 4 is 34.8 Å². The molecule has 0 unspecified atom stereocenters. The molecule has 43 heavy (non-hydrogen) atoms. The average molecular weight is 620 g/mol. The number of benzene rings is 3. The second kappa shape index (κ2) is 13.3. The molecule has 0 radical (unpaired) electrons. The van der Waals surface area contributed by atoms with Crippen LogP contribution in [-0.4, -0.2) is 47.6 Å². The van der Waals surface area contributed by atoms with Gasteiger partial charge in [0.1, 0.15) is 6.10 Å². The lowest BCUT2D eigenvalue weighted by Crippen LogP contribution is -2.69. The van der Waals surface area contributed by atoms with Crippen LogP contribution in [0, 0.1) is 6.92 Å². The van der Waals surface area contributed by atoms with E-state index in [4.69, 9.17) is 13.3 Å². The Hall–Kier alpha value is -3.73. The van der Waals surface area contributed by atoms with Crippen LogP contribution in [-0.2, 0) is 28.3 Å². The fraction of sp³-hybridized carbons (Fsp3) is 0.344. The maximum Gasteiger partial charge on any atom is 0.333 e. The summed E-state index contributed by atoms with van der Waals surface area (Å²) in [5.74, 6) is -0.612. The number of carbonyl (C=O) groups excluding carboxylic acids is 1. The Morgan fingerprint density at radius 3 is 2.02 bits per heavy atom. The molecule has 9 nitrogen and oxygen atoms in total. The van der Waals surface area contributed by atoms with E-state index in [0.29, 0.717) is 0 Å². The molecule has 0 saturated heterocycles. The van der Waals surface area contributed by atoms with Crippen LogP contribution in [0.4, 0.5) is 0 Å². The molecule has 0 aromatic heterocycles. The van der Waals surface area contributed by atoms with E-state index < -0.39 is 47.7 Å². The molecule has 1 aliphatic rings. The van der Waals surface area contributed by atoms with Crippen molar-refractivity contribution in [3.8, 4) is 0 Å². The first-order valence-corrected chi connectivity index (χ1v) is 17.5. The number of hydrogen-bond donors (Lipinski definition) is 0. The van der Waals surface area contributed by atoms with Crippen molar-refractivity contribution < 1.29 is 26.6 Å². The molecule has 0 saturated carbocycles. The van der Waals surface area contributed by atoms with Crippen molar-refractivity contribution in [1.82, 2.24) is 0 Å². The number of ether oxygens (including phenoxy) is 1. The summed E-state index contributed by atoms with van der Waals surface area (Å²) in [5.41, 5.74) is 10.7. The molecule has 0 bridgehead atoms. The minimum absolute atomic E-state index is 0.0391. The average Bonchev–Trinajstić information content (AvgIpc) is 2.97. The highest BCUT2D eigenvalue weighted by molar-refractivity contribution is 7.86. The number of rotatable bonds is 10. The Morgan fingerprint density at radius 1 is 0.977 bits per heavy atom. The van der Waals surface area contributed by atoms with Gasteiger partial charge in [-0.2, -0.15) is 8.42 Å². The molecule has 11 heteroatoms. The third-order valence-corrected chi connectivity index (χ3v) is 13.9. The fourth-order valence-corrected chi connectivity index (χ4v) is 11.2. The Labute approximate surface area is 254 Å². The molecular formula is C32H37N3O6SSi. The van der Waals surface area contributed by atoms with Gasteiger partial charge < -0.3 is 9.16 Å². The van der Waals surface area contributed by atoms with Crippen molar-refractivity contribution in [2.24, 2.45) is 5.11 Å². The van der Waals surface area contributed by atoms with Crippen molar-refractivity contribution in [2.45, 2.75) is 69.2 Å². The van der Waals surface area contributed by atoms with Crippen LogP contribution < -0.4 is 10.4 Å². The first kappa shape index (κ1) is 32.2. The Bertz CT molecular complexity index is 1560. The summed E-state index contributed by atoms with van der Waals surface area (Å²) >= 11 is 0. The van der Waals surface area contributed by atoms with Gasteiger partial charge in [0.25, 0.3) is 18.4 Å².